The number of hydrogen-bond donors (Lipinski definition) is 0. The molecule has 0 heterocycles. The zero-order valence-electron chi connectivity index (χ0n) is 9.18. The minimum absolute atomic E-state index is 0.202. The molecule has 0 N–H and O–H groups in total. The summed E-state index contributed by atoms with van der Waals surface area (Å²) in [6.45, 7) is 4.71. The summed E-state index contributed by atoms with van der Waals surface area (Å²) in [5, 5.41) is 0. The van der Waals surface area contributed by atoms with Crippen LogP contribution in [-0.2, 0) is 4.74 Å². The van der Waals surface area contributed by atoms with E-state index in [0.29, 0.717) is 0 Å². The summed E-state index contributed by atoms with van der Waals surface area (Å²) in [5.41, 5.74) is 0.202. The van der Waals surface area contributed by atoms with Crippen LogP contribution < -0.4 is 0 Å². The molecule has 2 unspecified atom stereocenters. The molecule has 76 valence electrons. The average molecular weight is 182 g/mol. The topological polar surface area (TPSA) is 9.23 Å². The molecule has 2 fully saturated rings. The number of methoxy groups -OCH3 is 1. The third-order valence-corrected chi connectivity index (χ3v) is 4.07. The standard InChI is InChI=1S/C12H22O/c1-9-4-10-6-11(5-9)8-12(2,7-10)13-3/h9-11H,4-8H2,1-3H3. The Hall–Kier alpha value is -0.0400. The highest BCUT2D eigenvalue weighted by Crippen LogP contribution is 2.47. The van der Waals surface area contributed by atoms with E-state index in [-0.39, 0.29) is 5.60 Å². The van der Waals surface area contributed by atoms with Crippen molar-refractivity contribution in [1.29, 1.82) is 0 Å². The van der Waals surface area contributed by atoms with Crippen molar-refractivity contribution in [2.75, 3.05) is 7.11 Å². The number of rotatable bonds is 1. The van der Waals surface area contributed by atoms with Crippen LogP contribution in [0.1, 0.15) is 46.0 Å². The highest BCUT2D eigenvalue weighted by molar-refractivity contribution is 4.92. The Morgan fingerprint density at radius 3 is 2.08 bits per heavy atom. The van der Waals surface area contributed by atoms with Crippen molar-refractivity contribution in [1.82, 2.24) is 0 Å². The quantitative estimate of drug-likeness (QED) is 0.605. The molecule has 2 aliphatic rings. The van der Waals surface area contributed by atoms with Gasteiger partial charge in [-0.25, -0.2) is 0 Å². The van der Waals surface area contributed by atoms with Gasteiger partial charge in [0.25, 0.3) is 0 Å². The molecule has 0 amide bonds. The van der Waals surface area contributed by atoms with Gasteiger partial charge in [0.05, 0.1) is 5.60 Å². The lowest BCUT2D eigenvalue weighted by Gasteiger charge is -2.46. The van der Waals surface area contributed by atoms with Gasteiger partial charge in [-0.05, 0) is 56.8 Å². The molecule has 2 atom stereocenters. The second kappa shape index (κ2) is 3.27. The molecule has 2 rings (SSSR count). The Morgan fingerprint density at radius 2 is 1.62 bits per heavy atom. The van der Waals surface area contributed by atoms with Gasteiger partial charge in [0, 0.05) is 7.11 Å². The molecule has 1 heteroatoms. The Kier molecular flexibility index (Phi) is 2.39. The highest BCUT2D eigenvalue weighted by Gasteiger charge is 2.40. The van der Waals surface area contributed by atoms with E-state index < -0.39 is 0 Å². The van der Waals surface area contributed by atoms with Crippen molar-refractivity contribution in [3.05, 3.63) is 0 Å². The summed E-state index contributed by atoms with van der Waals surface area (Å²) in [6.07, 6.45) is 6.95. The van der Waals surface area contributed by atoms with Crippen molar-refractivity contribution < 1.29 is 4.74 Å². The molecule has 0 aliphatic heterocycles. The SMILES string of the molecule is COC1(C)CC2CC(C)CC(C2)C1. The maximum absolute atomic E-state index is 5.65. The second-order valence-electron chi connectivity index (χ2n) is 5.61. The van der Waals surface area contributed by atoms with Crippen LogP contribution in [0.4, 0.5) is 0 Å². The lowest BCUT2D eigenvalue weighted by Crippen LogP contribution is -2.41. The molecule has 13 heavy (non-hydrogen) atoms. The third kappa shape index (κ3) is 1.90. The molecular formula is C12H22O. The van der Waals surface area contributed by atoms with Gasteiger partial charge in [-0.1, -0.05) is 6.92 Å². The minimum atomic E-state index is 0.202. The highest BCUT2D eigenvalue weighted by atomic mass is 16.5. The lowest BCUT2D eigenvalue weighted by molar-refractivity contribution is -0.0754. The predicted molar refractivity (Wildman–Crippen MR) is 54.6 cm³/mol. The van der Waals surface area contributed by atoms with E-state index in [1.165, 1.54) is 32.1 Å². The van der Waals surface area contributed by atoms with Gasteiger partial charge in [-0.15, -0.1) is 0 Å². The van der Waals surface area contributed by atoms with Gasteiger partial charge in [-0.2, -0.15) is 0 Å². The van der Waals surface area contributed by atoms with Crippen LogP contribution >= 0.6 is 0 Å². The van der Waals surface area contributed by atoms with Crippen LogP contribution in [0, 0.1) is 17.8 Å². The number of ether oxygens (including phenoxy) is 1. The monoisotopic (exact) mass is 182 g/mol. The Bertz CT molecular complexity index is 170. The van der Waals surface area contributed by atoms with Gasteiger partial charge in [-0.3, -0.25) is 0 Å². The fourth-order valence-electron chi connectivity index (χ4n) is 3.70. The lowest BCUT2D eigenvalue weighted by atomic mass is 9.64. The zero-order chi connectivity index (χ0) is 9.47. The molecule has 0 radical (unpaired) electrons. The molecule has 0 aromatic heterocycles. The van der Waals surface area contributed by atoms with Gasteiger partial charge in [0.2, 0.25) is 0 Å². The van der Waals surface area contributed by atoms with Crippen LogP contribution in [0.2, 0.25) is 0 Å². The van der Waals surface area contributed by atoms with Crippen molar-refractivity contribution in [2.24, 2.45) is 17.8 Å². The smallest absolute Gasteiger partial charge is 0.0656 e. The van der Waals surface area contributed by atoms with E-state index in [1.54, 1.807) is 0 Å². The van der Waals surface area contributed by atoms with Crippen molar-refractivity contribution in [2.45, 2.75) is 51.6 Å². The molecule has 0 aromatic carbocycles. The fourth-order valence-corrected chi connectivity index (χ4v) is 3.70. The van der Waals surface area contributed by atoms with Crippen LogP contribution in [0.15, 0.2) is 0 Å². The molecule has 2 bridgehead atoms. The fraction of sp³-hybridized carbons (Fsp3) is 1.00. The molecular weight excluding hydrogens is 160 g/mol. The summed E-state index contributed by atoms with van der Waals surface area (Å²) < 4.78 is 5.65. The van der Waals surface area contributed by atoms with E-state index in [0.717, 1.165) is 17.8 Å². The average Bonchev–Trinajstić information content (AvgIpc) is 2.01. The Balaban J connectivity index is 2.05. The van der Waals surface area contributed by atoms with E-state index >= 15 is 0 Å². The Morgan fingerprint density at radius 1 is 1.08 bits per heavy atom. The summed E-state index contributed by atoms with van der Waals surface area (Å²) in [4.78, 5) is 0. The number of hydrogen-bond acceptors (Lipinski definition) is 1. The van der Waals surface area contributed by atoms with E-state index in [9.17, 15) is 0 Å². The Labute approximate surface area is 81.9 Å². The maximum atomic E-state index is 5.65. The molecule has 2 saturated carbocycles. The van der Waals surface area contributed by atoms with E-state index in [1.807, 2.05) is 7.11 Å². The van der Waals surface area contributed by atoms with Gasteiger partial charge < -0.3 is 4.74 Å². The van der Waals surface area contributed by atoms with E-state index in [4.69, 9.17) is 4.74 Å². The molecule has 0 spiro atoms. The maximum Gasteiger partial charge on any atom is 0.0656 e. The van der Waals surface area contributed by atoms with Gasteiger partial charge in [0.15, 0.2) is 0 Å². The van der Waals surface area contributed by atoms with Crippen molar-refractivity contribution in [3.8, 4) is 0 Å². The molecule has 1 nitrogen and oxygen atoms in total. The zero-order valence-corrected chi connectivity index (χ0v) is 9.18. The van der Waals surface area contributed by atoms with Crippen LogP contribution in [0.5, 0.6) is 0 Å². The van der Waals surface area contributed by atoms with E-state index in [2.05, 4.69) is 13.8 Å². The van der Waals surface area contributed by atoms with Crippen LogP contribution in [0.3, 0.4) is 0 Å². The number of fused-ring (bicyclic) bond motifs is 2. The first kappa shape index (κ1) is 9.51. The summed E-state index contributed by atoms with van der Waals surface area (Å²) in [6, 6.07) is 0. The van der Waals surface area contributed by atoms with Crippen molar-refractivity contribution >= 4 is 0 Å². The largest absolute Gasteiger partial charge is 0.379 e. The first-order chi connectivity index (χ1) is 6.11. The third-order valence-electron chi connectivity index (χ3n) is 4.07. The summed E-state index contributed by atoms with van der Waals surface area (Å²) in [5.74, 6) is 2.87. The second-order valence-corrected chi connectivity index (χ2v) is 5.61. The first-order valence-electron chi connectivity index (χ1n) is 5.66. The van der Waals surface area contributed by atoms with Gasteiger partial charge in [0.1, 0.15) is 0 Å². The molecule has 0 saturated heterocycles. The first-order valence-corrected chi connectivity index (χ1v) is 5.66. The predicted octanol–water partition coefficient (Wildman–Crippen LogP) is 3.24. The van der Waals surface area contributed by atoms with Crippen molar-refractivity contribution in [3.63, 3.8) is 0 Å². The van der Waals surface area contributed by atoms with Gasteiger partial charge >= 0.3 is 0 Å². The summed E-state index contributed by atoms with van der Waals surface area (Å²) in [7, 11) is 1.88. The van der Waals surface area contributed by atoms with Crippen LogP contribution in [0.25, 0.3) is 0 Å². The van der Waals surface area contributed by atoms with Crippen LogP contribution in [-0.4, -0.2) is 12.7 Å². The minimum Gasteiger partial charge on any atom is -0.379 e. The normalized spacial score (nSPS) is 50.5. The molecule has 0 aromatic rings. The molecule has 2 aliphatic carbocycles. The summed E-state index contributed by atoms with van der Waals surface area (Å²) >= 11 is 0.